The van der Waals surface area contributed by atoms with Crippen LogP contribution in [0.25, 0.3) is 0 Å². The van der Waals surface area contributed by atoms with E-state index in [2.05, 4.69) is 29.1 Å². The summed E-state index contributed by atoms with van der Waals surface area (Å²) in [6, 6.07) is 2.58. The van der Waals surface area contributed by atoms with E-state index in [1.807, 2.05) is 0 Å². The molecule has 3 heteroatoms. The molecule has 1 saturated carbocycles. The van der Waals surface area contributed by atoms with Crippen LogP contribution in [-0.4, -0.2) is 61.2 Å². The third kappa shape index (κ3) is 3.80. The van der Waals surface area contributed by atoms with Crippen molar-refractivity contribution in [1.82, 2.24) is 15.1 Å². The molecule has 0 aromatic heterocycles. The van der Waals surface area contributed by atoms with Gasteiger partial charge in [0.2, 0.25) is 0 Å². The first kappa shape index (κ1) is 15.8. The van der Waals surface area contributed by atoms with Crippen molar-refractivity contribution in [3.63, 3.8) is 0 Å². The lowest BCUT2D eigenvalue weighted by Gasteiger charge is -2.49. The van der Waals surface area contributed by atoms with Gasteiger partial charge in [-0.3, -0.25) is 4.90 Å². The van der Waals surface area contributed by atoms with Gasteiger partial charge in [0, 0.05) is 24.7 Å². The number of fused-ring (bicyclic) bond motifs is 1. The molecule has 2 atom stereocenters. The first-order chi connectivity index (χ1) is 10.3. The Morgan fingerprint density at radius 2 is 1.81 bits per heavy atom. The van der Waals surface area contributed by atoms with E-state index in [4.69, 9.17) is 0 Å². The average molecular weight is 293 g/mol. The summed E-state index contributed by atoms with van der Waals surface area (Å²) in [6.45, 7) is 7.53. The number of rotatable bonds is 4. The quantitative estimate of drug-likeness (QED) is 0.860. The second-order valence-electron chi connectivity index (χ2n) is 7.69. The smallest absolute Gasteiger partial charge is 0.0145 e. The molecule has 21 heavy (non-hydrogen) atoms. The predicted octanol–water partition coefficient (Wildman–Crippen LogP) is 2.71. The Hall–Kier alpha value is -0.120. The van der Waals surface area contributed by atoms with Gasteiger partial charge in [-0.05, 0) is 84.0 Å². The van der Waals surface area contributed by atoms with E-state index in [1.165, 1.54) is 77.5 Å². The first-order valence-electron chi connectivity index (χ1n) is 9.45. The predicted molar refractivity (Wildman–Crippen MR) is 89.7 cm³/mol. The number of hydrogen-bond acceptors (Lipinski definition) is 3. The van der Waals surface area contributed by atoms with Crippen molar-refractivity contribution >= 4 is 0 Å². The fourth-order valence-electron chi connectivity index (χ4n) is 5.01. The zero-order chi connectivity index (χ0) is 14.7. The largest absolute Gasteiger partial charge is 0.314 e. The van der Waals surface area contributed by atoms with Crippen LogP contribution in [0.5, 0.6) is 0 Å². The van der Waals surface area contributed by atoms with Crippen molar-refractivity contribution in [1.29, 1.82) is 0 Å². The van der Waals surface area contributed by atoms with Gasteiger partial charge in [0.25, 0.3) is 0 Å². The van der Waals surface area contributed by atoms with E-state index in [1.54, 1.807) is 0 Å². The highest BCUT2D eigenvalue weighted by atomic mass is 15.2. The number of nitrogens with one attached hydrogen (secondary N) is 1. The van der Waals surface area contributed by atoms with Crippen molar-refractivity contribution in [3.8, 4) is 0 Å². The van der Waals surface area contributed by atoms with E-state index in [0.29, 0.717) is 0 Å². The molecule has 3 rings (SSSR count). The number of piperidine rings is 2. The summed E-state index contributed by atoms with van der Waals surface area (Å²) >= 11 is 0. The fourth-order valence-corrected chi connectivity index (χ4v) is 5.01. The molecule has 0 aromatic carbocycles. The standard InChI is InChI=1S/C18H35N3/c1-3-11-19-16-6-8-17(9-7-16)21-13-10-18-15(14-21)5-4-12-20(18)2/h15-19H,3-14H2,1-2H3. The molecule has 0 amide bonds. The van der Waals surface area contributed by atoms with Gasteiger partial charge >= 0.3 is 0 Å². The zero-order valence-corrected chi connectivity index (χ0v) is 14.2. The monoisotopic (exact) mass is 293 g/mol. The molecule has 0 radical (unpaired) electrons. The normalized spacial score (nSPS) is 39.1. The lowest BCUT2D eigenvalue weighted by molar-refractivity contribution is 0.0106. The Balaban J connectivity index is 1.46. The van der Waals surface area contributed by atoms with Crippen molar-refractivity contribution in [2.45, 2.75) is 76.4 Å². The Morgan fingerprint density at radius 3 is 2.57 bits per heavy atom. The maximum atomic E-state index is 3.72. The van der Waals surface area contributed by atoms with Crippen LogP contribution < -0.4 is 5.32 Å². The van der Waals surface area contributed by atoms with Crippen LogP contribution in [0, 0.1) is 5.92 Å². The van der Waals surface area contributed by atoms with Gasteiger partial charge in [0.05, 0.1) is 0 Å². The van der Waals surface area contributed by atoms with Crippen molar-refractivity contribution in [3.05, 3.63) is 0 Å². The van der Waals surface area contributed by atoms with Crippen LogP contribution in [0.4, 0.5) is 0 Å². The van der Waals surface area contributed by atoms with Gasteiger partial charge in [0.15, 0.2) is 0 Å². The molecule has 3 fully saturated rings. The van der Waals surface area contributed by atoms with E-state index in [0.717, 1.165) is 24.0 Å². The minimum atomic E-state index is 0.805. The van der Waals surface area contributed by atoms with E-state index in [9.17, 15) is 0 Å². The van der Waals surface area contributed by atoms with E-state index >= 15 is 0 Å². The molecular formula is C18H35N3. The molecule has 0 spiro atoms. The van der Waals surface area contributed by atoms with Crippen LogP contribution in [0.15, 0.2) is 0 Å². The summed E-state index contributed by atoms with van der Waals surface area (Å²) in [5, 5.41) is 3.72. The Bertz CT molecular complexity index is 312. The minimum Gasteiger partial charge on any atom is -0.314 e. The lowest BCUT2D eigenvalue weighted by Crippen LogP contribution is -2.55. The average Bonchev–Trinajstić information content (AvgIpc) is 2.53. The number of hydrogen-bond donors (Lipinski definition) is 1. The molecule has 3 aliphatic rings. The Morgan fingerprint density at radius 1 is 1.00 bits per heavy atom. The van der Waals surface area contributed by atoms with Gasteiger partial charge in [-0.2, -0.15) is 0 Å². The second-order valence-corrected chi connectivity index (χ2v) is 7.69. The molecule has 2 heterocycles. The SMILES string of the molecule is CCCNC1CCC(N2CCC3C(CCCN3C)C2)CC1. The summed E-state index contributed by atoms with van der Waals surface area (Å²) in [7, 11) is 2.34. The summed E-state index contributed by atoms with van der Waals surface area (Å²) in [4.78, 5) is 5.49. The molecule has 2 aliphatic heterocycles. The van der Waals surface area contributed by atoms with Gasteiger partial charge in [-0.1, -0.05) is 6.92 Å². The molecule has 3 nitrogen and oxygen atoms in total. The summed E-state index contributed by atoms with van der Waals surface area (Å²) in [5.41, 5.74) is 0. The topological polar surface area (TPSA) is 18.5 Å². The van der Waals surface area contributed by atoms with Crippen LogP contribution >= 0.6 is 0 Å². The molecule has 2 saturated heterocycles. The summed E-state index contributed by atoms with van der Waals surface area (Å²) in [6.07, 6.45) is 11.2. The molecule has 0 bridgehead atoms. The highest BCUT2D eigenvalue weighted by Crippen LogP contribution is 2.33. The summed E-state index contributed by atoms with van der Waals surface area (Å²) < 4.78 is 0. The second kappa shape index (κ2) is 7.43. The number of nitrogens with zero attached hydrogens (tertiary/aromatic N) is 2. The maximum absolute atomic E-state index is 3.72. The van der Waals surface area contributed by atoms with Crippen molar-refractivity contribution in [2.75, 3.05) is 33.2 Å². The first-order valence-corrected chi connectivity index (χ1v) is 9.45. The molecule has 2 unspecified atom stereocenters. The van der Waals surface area contributed by atoms with Crippen LogP contribution in [-0.2, 0) is 0 Å². The lowest BCUT2D eigenvalue weighted by atomic mass is 9.82. The van der Waals surface area contributed by atoms with Crippen molar-refractivity contribution in [2.24, 2.45) is 5.92 Å². The van der Waals surface area contributed by atoms with Crippen LogP contribution in [0.3, 0.4) is 0 Å². The molecular weight excluding hydrogens is 258 g/mol. The Labute approximate surface area is 131 Å². The minimum absolute atomic E-state index is 0.805. The van der Waals surface area contributed by atoms with Gasteiger partial charge in [0.1, 0.15) is 0 Å². The summed E-state index contributed by atoms with van der Waals surface area (Å²) in [5.74, 6) is 0.952. The highest BCUT2D eigenvalue weighted by molar-refractivity contribution is 4.92. The Kier molecular flexibility index (Phi) is 5.58. The van der Waals surface area contributed by atoms with Gasteiger partial charge in [-0.15, -0.1) is 0 Å². The van der Waals surface area contributed by atoms with Gasteiger partial charge < -0.3 is 10.2 Å². The van der Waals surface area contributed by atoms with Gasteiger partial charge in [-0.25, -0.2) is 0 Å². The number of likely N-dealkylation sites (tertiary alicyclic amines) is 2. The fraction of sp³-hybridized carbons (Fsp3) is 1.00. The zero-order valence-electron chi connectivity index (χ0n) is 14.2. The molecule has 1 aliphatic carbocycles. The van der Waals surface area contributed by atoms with E-state index in [-0.39, 0.29) is 0 Å². The third-order valence-electron chi connectivity index (χ3n) is 6.27. The van der Waals surface area contributed by atoms with Crippen LogP contribution in [0.2, 0.25) is 0 Å². The molecule has 1 N–H and O–H groups in total. The van der Waals surface area contributed by atoms with E-state index < -0.39 is 0 Å². The molecule has 0 aromatic rings. The maximum Gasteiger partial charge on any atom is 0.0145 e. The molecule has 122 valence electrons. The van der Waals surface area contributed by atoms with Crippen LogP contribution in [0.1, 0.15) is 58.3 Å². The van der Waals surface area contributed by atoms with Crippen molar-refractivity contribution < 1.29 is 0 Å². The third-order valence-corrected chi connectivity index (χ3v) is 6.27. The highest BCUT2D eigenvalue weighted by Gasteiger charge is 2.37.